The number of hydrogen-bond acceptors (Lipinski definition) is 2. The molecule has 0 bridgehead atoms. The Bertz CT molecular complexity index is 758. The molecule has 1 amide bonds. The molecule has 0 aliphatic carbocycles. The van der Waals surface area contributed by atoms with Crippen LogP contribution in [0.2, 0.25) is 5.02 Å². The van der Waals surface area contributed by atoms with Gasteiger partial charge in [0, 0.05) is 18.1 Å². The predicted molar refractivity (Wildman–Crippen MR) is 103 cm³/mol. The molecule has 0 radical (unpaired) electrons. The summed E-state index contributed by atoms with van der Waals surface area (Å²) in [4.78, 5) is 14.5. The van der Waals surface area contributed by atoms with E-state index in [1.54, 1.807) is 0 Å². The van der Waals surface area contributed by atoms with E-state index in [1.165, 1.54) is 11.1 Å². The van der Waals surface area contributed by atoms with Crippen LogP contribution in [-0.4, -0.2) is 30.4 Å². The number of carbonyl (C=O) groups is 1. The van der Waals surface area contributed by atoms with Crippen molar-refractivity contribution in [1.29, 1.82) is 0 Å². The third kappa shape index (κ3) is 4.71. The summed E-state index contributed by atoms with van der Waals surface area (Å²) in [6.45, 7) is 4.07. The van der Waals surface area contributed by atoms with E-state index in [-0.39, 0.29) is 11.9 Å². The maximum absolute atomic E-state index is 12.3. The van der Waals surface area contributed by atoms with Crippen LogP contribution < -0.4 is 5.32 Å². The number of nitrogens with one attached hydrogen (secondary N) is 1. The van der Waals surface area contributed by atoms with E-state index in [4.69, 9.17) is 11.6 Å². The third-order valence-corrected chi connectivity index (χ3v) is 4.90. The number of rotatable bonds is 5. The topological polar surface area (TPSA) is 32.3 Å². The van der Waals surface area contributed by atoms with Crippen molar-refractivity contribution in [2.24, 2.45) is 0 Å². The second kappa shape index (κ2) is 8.32. The molecule has 1 atom stereocenters. The first-order valence-electron chi connectivity index (χ1n) is 8.64. The minimum Gasteiger partial charge on any atom is -0.348 e. The molecule has 0 saturated carbocycles. The van der Waals surface area contributed by atoms with Crippen molar-refractivity contribution < 1.29 is 4.79 Å². The minimum atomic E-state index is -0.0959. The maximum atomic E-state index is 12.3. The lowest BCUT2D eigenvalue weighted by Crippen LogP contribution is -2.40. The summed E-state index contributed by atoms with van der Waals surface area (Å²) < 4.78 is 0. The van der Waals surface area contributed by atoms with Crippen LogP contribution in [0.5, 0.6) is 0 Å². The van der Waals surface area contributed by atoms with Crippen molar-refractivity contribution in [3.05, 3.63) is 76.8 Å². The van der Waals surface area contributed by atoms with Crippen LogP contribution in [0.25, 0.3) is 5.57 Å². The van der Waals surface area contributed by atoms with Crippen LogP contribution in [0, 0.1) is 0 Å². The van der Waals surface area contributed by atoms with Gasteiger partial charge in [-0.2, -0.15) is 0 Å². The van der Waals surface area contributed by atoms with E-state index >= 15 is 0 Å². The van der Waals surface area contributed by atoms with E-state index in [9.17, 15) is 4.79 Å². The average Bonchev–Trinajstić information content (AvgIpc) is 2.63. The quantitative estimate of drug-likeness (QED) is 0.867. The molecule has 1 heterocycles. The summed E-state index contributed by atoms with van der Waals surface area (Å²) in [5.74, 6) is 0.0315. The second-order valence-corrected chi connectivity index (χ2v) is 6.80. The van der Waals surface area contributed by atoms with Gasteiger partial charge in [-0.3, -0.25) is 9.69 Å². The largest absolute Gasteiger partial charge is 0.348 e. The highest BCUT2D eigenvalue weighted by Gasteiger charge is 2.17. The fraction of sp³-hybridized carbons (Fsp3) is 0.286. The first kappa shape index (κ1) is 17.7. The van der Waals surface area contributed by atoms with Gasteiger partial charge in [-0.25, -0.2) is 0 Å². The van der Waals surface area contributed by atoms with Gasteiger partial charge in [0.2, 0.25) is 5.91 Å². The monoisotopic (exact) mass is 354 g/mol. The van der Waals surface area contributed by atoms with Crippen LogP contribution in [0.1, 0.15) is 30.5 Å². The molecular formula is C21H23ClN2O. The summed E-state index contributed by atoms with van der Waals surface area (Å²) in [5, 5.41) is 3.73. The van der Waals surface area contributed by atoms with Gasteiger partial charge in [0.05, 0.1) is 12.6 Å². The highest BCUT2D eigenvalue weighted by molar-refractivity contribution is 6.31. The number of nitrogens with zero attached hydrogens (tertiary/aromatic N) is 1. The molecule has 0 fully saturated rings. The van der Waals surface area contributed by atoms with Gasteiger partial charge in [-0.1, -0.05) is 66.2 Å². The van der Waals surface area contributed by atoms with Crippen molar-refractivity contribution in [2.45, 2.75) is 19.4 Å². The van der Waals surface area contributed by atoms with Gasteiger partial charge in [-0.05, 0) is 36.1 Å². The summed E-state index contributed by atoms with van der Waals surface area (Å²) in [6, 6.07) is 18.0. The molecule has 3 rings (SSSR count). The minimum absolute atomic E-state index is 0.0315. The van der Waals surface area contributed by atoms with E-state index in [0.717, 1.165) is 25.1 Å². The highest BCUT2D eigenvalue weighted by atomic mass is 35.5. The molecule has 1 N–H and O–H groups in total. The molecule has 2 aromatic carbocycles. The van der Waals surface area contributed by atoms with Crippen molar-refractivity contribution in [2.75, 3.05) is 19.6 Å². The molecule has 4 heteroatoms. The molecule has 0 saturated heterocycles. The Morgan fingerprint density at radius 3 is 2.56 bits per heavy atom. The predicted octanol–water partition coefficient (Wildman–Crippen LogP) is 4.31. The second-order valence-electron chi connectivity index (χ2n) is 6.39. The SMILES string of the molecule is C[C@H](NC(=O)CN1CC=C(c2ccccc2)CC1)c1ccccc1Cl. The first-order valence-corrected chi connectivity index (χ1v) is 9.02. The Morgan fingerprint density at radius 1 is 1.16 bits per heavy atom. The van der Waals surface area contributed by atoms with Gasteiger partial charge in [-0.15, -0.1) is 0 Å². The van der Waals surface area contributed by atoms with Crippen molar-refractivity contribution in [1.82, 2.24) is 10.2 Å². The molecule has 0 spiro atoms. The standard InChI is InChI=1S/C21H23ClN2O/c1-16(19-9-5-6-10-20(19)22)23-21(25)15-24-13-11-18(12-14-24)17-7-3-2-4-8-17/h2-11,16H,12-15H2,1H3,(H,23,25)/t16-/m0/s1. The summed E-state index contributed by atoms with van der Waals surface area (Å²) in [7, 11) is 0. The highest BCUT2D eigenvalue weighted by Crippen LogP contribution is 2.23. The number of amides is 1. The van der Waals surface area contributed by atoms with Crippen LogP contribution in [0.15, 0.2) is 60.7 Å². The summed E-state index contributed by atoms with van der Waals surface area (Å²) >= 11 is 6.20. The van der Waals surface area contributed by atoms with Gasteiger partial charge < -0.3 is 5.32 Å². The molecule has 2 aromatic rings. The fourth-order valence-electron chi connectivity index (χ4n) is 3.16. The lowest BCUT2D eigenvalue weighted by Gasteiger charge is -2.26. The van der Waals surface area contributed by atoms with Crippen molar-refractivity contribution >= 4 is 23.1 Å². The molecule has 130 valence electrons. The van der Waals surface area contributed by atoms with Crippen molar-refractivity contribution in [3.8, 4) is 0 Å². The number of benzene rings is 2. The Hall–Kier alpha value is -2.10. The lowest BCUT2D eigenvalue weighted by molar-refractivity contribution is -0.122. The summed E-state index contributed by atoms with van der Waals surface area (Å²) in [5.41, 5.74) is 3.59. The first-order chi connectivity index (χ1) is 12.1. The molecule has 0 aromatic heterocycles. The Balaban J connectivity index is 1.53. The number of hydrogen-bond donors (Lipinski definition) is 1. The Morgan fingerprint density at radius 2 is 1.88 bits per heavy atom. The zero-order valence-corrected chi connectivity index (χ0v) is 15.2. The van der Waals surface area contributed by atoms with Crippen LogP contribution in [0.3, 0.4) is 0 Å². The van der Waals surface area contributed by atoms with Gasteiger partial charge in [0.15, 0.2) is 0 Å². The Labute approximate surface area is 154 Å². The lowest BCUT2D eigenvalue weighted by atomic mass is 9.99. The van der Waals surface area contributed by atoms with Crippen molar-refractivity contribution in [3.63, 3.8) is 0 Å². The normalized spacial score (nSPS) is 16.2. The number of halogens is 1. The van der Waals surface area contributed by atoms with E-state index in [2.05, 4.69) is 40.6 Å². The van der Waals surface area contributed by atoms with Gasteiger partial charge in [0.25, 0.3) is 0 Å². The molecule has 3 nitrogen and oxygen atoms in total. The third-order valence-electron chi connectivity index (χ3n) is 4.55. The van der Waals surface area contributed by atoms with Crippen LogP contribution >= 0.6 is 11.6 Å². The van der Waals surface area contributed by atoms with E-state index in [1.807, 2.05) is 37.3 Å². The fourth-order valence-corrected chi connectivity index (χ4v) is 3.46. The number of carbonyl (C=O) groups excluding carboxylic acids is 1. The van der Waals surface area contributed by atoms with Gasteiger partial charge >= 0.3 is 0 Å². The smallest absolute Gasteiger partial charge is 0.234 e. The maximum Gasteiger partial charge on any atom is 0.234 e. The van der Waals surface area contributed by atoms with E-state index in [0.29, 0.717) is 11.6 Å². The van der Waals surface area contributed by atoms with E-state index < -0.39 is 0 Å². The summed E-state index contributed by atoms with van der Waals surface area (Å²) in [6.07, 6.45) is 3.20. The zero-order chi connectivity index (χ0) is 17.6. The Kier molecular flexibility index (Phi) is 5.90. The zero-order valence-electron chi connectivity index (χ0n) is 14.4. The van der Waals surface area contributed by atoms with Crippen LogP contribution in [0.4, 0.5) is 0 Å². The molecule has 25 heavy (non-hydrogen) atoms. The molecule has 0 unspecified atom stereocenters. The average molecular weight is 355 g/mol. The van der Waals surface area contributed by atoms with Gasteiger partial charge in [0.1, 0.15) is 0 Å². The van der Waals surface area contributed by atoms with Crippen LogP contribution in [-0.2, 0) is 4.79 Å². The molecule has 1 aliphatic rings. The molecule has 1 aliphatic heterocycles. The molecular weight excluding hydrogens is 332 g/mol.